The lowest BCUT2D eigenvalue weighted by atomic mass is 9.98. The number of fused-ring (bicyclic) bond motifs is 1. The summed E-state index contributed by atoms with van der Waals surface area (Å²) in [5.74, 6) is 0. The second kappa shape index (κ2) is 4.38. The number of carboxylic acid groups (broad SMARTS) is 1. The SMILES string of the molecule is O=C(O)OC1NCCc2cccc([N+](=O)[O-])c21. The van der Waals surface area contributed by atoms with Gasteiger partial charge in [0.1, 0.15) is 0 Å². The zero-order valence-corrected chi connectivity index (χ0v) is 8.75. The molecule has 0 aliphatic carbocycles. The number of hydrogen-bond donors (Lipinski definition) is 2. The molecule has 2 rings (SSSR count). The number of ether oxygens (including phenoxy) is 1. The molecule has 7 heteroatoms. The average molecular weight is 238 g/mol. The van der Waals surface area contributed by atoms with Gasteiger partial charge in [-0.2, -0.15) is 0 Å². The lowest BCUT2D eigenvalue weighted by molar-refractivity contribution is -0.386. The van der Waals surface area contributed by atoms with Crippen molar-refractivity contribution in [1.29, 1.82) is 0 Å². The van der Waals surface area contributed by atoms with Crippen molar-refractivity contribution in [2.45, 2.75) is 12.6 Å². The minimum atomic E-state index is -1.46. The van der Waals surface area contributed by atoms with Gasteiger partial charge in [-0.15, -0.1) is 0 Å². The Bertz CT molecular complexity index is 474. The molecule has 90 valence electrons. The quantitative estimate of drug-likeness (QED) is 0.459. The molecule has 1 atom stereocenters. The molecule has 0 bridgehead atoms. The lowest BCUT2D eigenvalue weighted by Gasteiger charge is -2.24. The smallest absolute Gasteiger partial charge is 0.450 e. The van der Waals surface area contributed by atoms with Gasteiger partial charge in [0, 0.05) is 12.6 Å². The van der Waals surface area contributed by atoms with Crippen molar-refractivity contribution in [3.8, 4) is 0 Å². The van der Waals surface area contributed by atoms with Gasteiger partial charge in [0.05, 0.1) is 10.5 Å². The first-order valence-electron chi connectivity index (χ1n) is 4.98. The van der Waals surface area contributed by atoms with Crippen LogP contribution < -0.4 is 5.32 Å². The Labute approximate surface area is 96.2 Å². The first-order valence-corrected chi connectivity index (χ1v) is 4.98. The molecule has 0 radical (unpaired) electrons. The third kappa shape index (κ3) is 2.18. The molecule has 0 aromatic heterocycles. The van der Waals surface area contributed by atoms with E-state index < -0.39 is 17.3 Å². The summed E-state index contributed by atoms with van der Waals surface area (Å²) in [6.07, 6.45) is -1.83. The van der Waals surface area contributed by atoms with Crippen LogP contribution >= 0.6 is 0 Å². The number of rotatable bonds is 2. The lowest BCUT2D eigenvalue weighted by Crippen LogP contribution is -2.33. The molecule has 1 aliphatic heterocycles. The highest BCUT2D eigenvalue weighted by molar-refractivity contribution is 5.58. The molecular formula is C10H10N2O5. The number of nitro benzene ring substituents is 1. The summed E-state index contributed by atoms with van der Waals surface area (Å²) in [5.41, 5.74) is 0.913. The second-order valence-electron chi connectivity index (χ2n) is 3.57. The van der Waals surface area contributed by atoms with Crippen LogP contribution in [0.2, 0.25) is 0 Å². The Hall–Kier alpha value is -2.15. The van der Waals surface area contributed by atoms with Gasteiger partial charge in [-0.1, -0.05) is 12.1 Å². The maximum Gasteiger partial charge on any atom is 0.507 e. The van der Waals surface area contributed by atoms with E-state index in [1.807, 2.05) is 0 Å². The number of nitrogens with one attached hydrogen (secondary N) is 1. The average Bonchev–Trinajstić information content (AvgIpc) is 2.27. The molecule has 1 heterocycles. The fourth-order valence-electron chi connectivity index (χ4n) is 1.92. The molecule has 17 heavy (non-hydrogen) atoms. The molecule has 0 saturated carbocycles. The van der Waals surface area contributed by atoms with Crippen LogP contribution in [0.1, 0.15) is 17.4 Å². The van der Waals surface area contributed by atoms with E-state index in [4.69, 9.17) is 5.11 Å². The summed E-state index contributed by atoms with van der Waals surface area (Å²) in [5, 5.41) is 22.3. The first kappa shape index (κ1) is 11.3. The third-order valence-corrected chi connectivity index (χ3v) is 2.58. The van der Waals surface area contributed by atoms with Gasteiger partial charge in [-0.05, 0) is 12.0 Å². The van der Waals surface area contributed by atoms with Gasteiger partial charge < -0.3 is 9.84 Å². The largest absolute Gasteiger partial charge is 0.507 e. The molecule has 0 spiro atoms. The Morgan fingerprint density at radius 1 is 1.59 bits per heavy atom. The van der Waals surface area contributed by atoms with E-state index in [2.05, 4.69) is 10.1 Å². The Kier molecular flexibility index (Phi) is 2.92. The van der Waals surface area contributed by atoms with Crippen molar-refractivity contribution < 1.29 is 19.6 Å². The van der Waals surface area contributed by atoms with Crippen LogP contribution in [0.4, 0.5) is 10.5 Å². The Balaban J connectivity index is 2.46. The predicted molar refractivity (Wildman–Crippen MR) is 56.7 cm³/mol. The van der Waals surface area contributed by atoms with Crippen LogP contribution in [-0.4, -0.2) is 22.7 Å². The maximum atomic E-state index is 10.9. The summed E-state index contributed by atoms with van der Waals surface area (Å²) in [7, 11) is 0. The summed E-state index contributed by atoms with van der Waals surface area (Å²) in [6.45, 7) is 0.520. The molecule has 7 nitrogen and oxygen atoms in total. The van der Waals surface area contributed by atoms with Crippen molar-refractivity contribution >= 4 is 11.8 Å². The topological polar surface area (TPSA) is 102 Å². The molecule has 0 saturated heterocycles. The molecular weight excluding hydrogens is 228 g/mol. The predicted octanol–water partition coefficient (Wildman–Crippen LogP) is 1.43. The van der Waals surface area contributed by atoms with E-state index in [-0.39, 0.29) is 5.69 Å². The fraction of sp³-hybridized carbons (Fsp3) is 0.300. The summed E-state index contributed by atoms with van der Waals surface area (Å²) >= 11 is 0. The summed E-state index contributed by atoms with van der Waals surface area (Å²) < 4.78 is 4.61. The minimum absolute atomic E-state index is 0.124. The van der Waals surface area contributed by atoms with Crippen molar-refractivity contribution in [3.05, 3.63) is 39.4 Å². The number of nitrogens with zero attached hydrogens (tertiary/aromatic N) is 1. The van der Waals surface area contributed by atoms with Gasteiger partial charge in [0.25, 0.3) is 5.69 Å². The summed E-state index contributed by atoms with van der Waals surface area (Å²) in [6, 6.07) is 4.66. The highest BCUT2D eigenvalue weighted by Crippen LogP contribution is 2.32. The van der Waals surface area contributed by atoms with E-state index in [1.165, 1.54) is 6.07 Å². The maximum absolute atomic E-state index is 10.9. The normalized spacial score (nSPS) is 18.2. The van der Waals surface area contributed by atoms with Crippen LogP contribution in [0.25, 0.3) is 0 Å². The van der Waals surface area contributed by atoms with Gasteiger partial charge in [0.15, 0.2) is 6.23 Å². The van der Waals surface area contributed by atoms with E-state index in [1.54, 1.807) is 12.1 Å². The molecule has 1 aromatic rings. The van der Waals surface area contributed by atoms with Crippen LogP contribution in [0.15, 0.2) is 18.2 Å². The van der Waals surface area contributed by atoms with E-state index >= 15 is 0 Å². The van der Waals surface area contributed by atoms with Gasteiger partial charge in [0.2, 0.25) is 0 Å². The molecule has 1 aliphatic rings. The Morgan fingerprint density at radius 2 is 2.35 bits per heavy atom. The van der Waals surface area contributed by atoms with E-state index in [0.29, 0.717) is 18.5 Å². The van der Waals surface area contributed by atoms with Gasteiger partial charge in [-0.3, -0.25) is 15.4 Å². The third-order valence-electron chi connectivity index (χ3n) is 2.58. The van der Waals surface area contributed by atoms with E-state index in [9.17, 15) is 14.9 Å². The van der Waals surface area contributed by atoms with Crippen molar-refractivity contribution in [2.75, 3.05) is 6.54 Å². The molecule has 1 unspecified atom stereocenters. The van der Waals surface area contributed by atoms with Gasteiger partial charge >= 0.3 is 6.16 Å². The zero-order chi connectivity index (χ0) is 12.4. The number of hydrogen-bond acceptors (Lipinski definition) is 5. The number of nitro groups is 1. The first-order chi connectivity index (χ1) is 8.09. The number of carbonyl (C=O) groups is 1. The monoisotopic (exact) mass is 238 g/mol. The summed E-state index contributed by atoms with van der Waals surface area (Å²) in [4.78, 5) is 20.9. The number of benzene rings is 1. The molecule has 0 amide bonds. The van der Waals surface area contributed by atoms with Crippen molar-refractivity contribution in [3.63, 3.8) is 0 Å². The van der Waals surface area contributed by atoms with Crippen molar-refractivity contribution in [1.82, 2.24) is 5.32 Å². The second-order valence-corrected chi connectivity index (χ2v) is 3.57. The molecule has 1 aromatic carbocycles. The fourth-order valence-corrected chi connectivity index (χ4v) is 1.92. The highest BCUT2D eigenvalue weighted by atomic mass is 16.7. The van der Waals surface area contributed by atoms with Crippen LogP contribution in [0.5, 0.6) is 0 Å². The molecule has 0 fully saturated rings. The molecule has 2 N–H and O–H groups in total. The van der Waals surface area contributed by atoms with Crippen LogP contribution in [-0.2, 0) is 11.2 Å². The minimum Gasteiger partial charge on any atom is -0.450 e. The highest BCUT2D eigenvalue weighted by Gasteiger charge is 2.30. The Morgan fingerprint density at radius 3 is 3.00 bits per heavy atom. The standard InChI is InChI=1S/C10H10N2O5/c13-10(14)17-9-8-6(4-5-11-9)2-1-3-7(8)12(15)16/h1-3,9,11H,4-5H2,(H,13,14). The zero-order valence-electron chi connectivity index (χ0n) is 8.75. The van der Waals surface area contributed by atoms with Crippen molar-refractivity contribution in [2.24, 2.45) is 0 Å². The van der Waals surface area contributed by atoms with E-state index in [0.717, 1.165) is 5.56 Å². The van der Waals surface area contributed by atoms with Gasteiger partial charge in [-0.25, -0.2) is 4.79 Å². The van der Waals surface area contributed by atoms with Crippen LogP contribution in [0, 0.1) is 10.1 Å². The van der Waals surface area contributed by atoms with Crippen LogP contribution in [0.3, 0.4) is 0 Å².